The van der Waals surface area contributed by atoms with Crippen LogP contribution >= 0.6 is 0 Å². The molecule has 2 rings (SSSR count). The van der Waals surface area contributed by atoms with Gasteiger partial charge in [-0.2, -0.15) is 0 Å². The number of rotatable bonds is 3. The number of hydrogen-bond donors (Lipinski definition) is 1. The second kappa shape index (κ2) is 4.53. The van der Waals surface area contributed by atoms with Gasteiger partial charge in [0.15, 0.2) is 0 Å². The third-order valence-electron chi connectivity index (χ3n) is 2.94. The highest BCUT2D eigenvalue weighted by Gasteiger charge is 2.36. The van der Waals surface area contributed by atoms with Crippen LogP contribution in [-0.4, -0.2) is 31.4 Å². The van der Waals surface area contributed by atoms with Crippen molar-refractivity contribution >= 4 is 5.97 Å². The zero-order valence-electron chi connectivity index (χ0n) is 9.05. The number of aliphatic carboxylic acids is 1. The Morgan fingerprint density at radius 3 is 2.88 bits per heavy atom. The zero-order chi connectivity index (χ0) is 11.5. The van der Waals surface area contributed by atoms with E-state index in [2.05, 4.69) is 0 Å². The molecule has 1 aromatic rings. The fourth-order valence-corrected chi connectivity index (χ4v) is 2.08. The molecule has 16 heavy (non-hydrogen) atoms. The van der Waals surface area contributed by atoms with E-state index in [0.717, 1.165) is 11.3 Å². The summed E-state index contributed by atoms with van der Waals surface area (Å²) < 4.78 is 10.5. The van der Waals surface area contributed by atoms with Gasteiger partial charge >= 0.3 is 5.97 Å². The largest absolute Gasteiger partial charge is 0.496 e. The van der Waals surface area contributed by atoms with Crippen LogP contribution in [0.15, 0.2) is 24.3 Å². The van der Waals surface area contributed by atoms with Gasteiger partial charge in [-0.15, -0.1) is 0 Å². The molecule has 2 unspecified atom stereocenters. The van der Waals surface area contributed by atoms with Crippen molar-refractivity contribution in [1.82, 2.24) is 0 Å². The molecule has 1 N–H and O–H groups in total. The average molecular weight is 222 g/mol. The quantitative estimate of drug-likeness (QED) is 0.842. The van der Waals surface area contributed by atoms with Gasteiger partial charge in [0, 0.05) is 11.5 Å². The number of para-hydroxylation sites is 1. The Balaban J connectivity index is 2.32. The van der Waals surface area contributed by atoms with E-state index in [4.69, 9.17) is 14.6 Å². The first-order valence-corrected chi connectivity index (χ1v) is 5.17. The van der Waals surface area contributed by atoms with Crippen molar-refractivity contribution in [3.8, 4) is 5.75 Å². The van der Waals surface area contributed by atoms with E-state index in [1.54, 1.807) is 7.11 Å². The van der Waals surface area contributed by atoms with Crippen LogP contribution in [0.3, 0.4) is 0 Å². The van der Waals surface area contributed by atoms with Crippen molar-refractivity contribution < 1.29 is 19.4 Å². The highest BCUT2D eigenvalue weighted by Crippen LogP contribution is 2.36. The summed E-state index contributed by atoms with van der Waals surface area (Å²) in [4.78, 5) is 11.1. The lowest BCUT2D eigenvalue weighted by Crippen LogP contribution is -2.20. The van der Waals surface area contributed by atoms with Crippen LogP contribution in [-0.2, 0) is 9.53 Å². The van der Waals surface area contributed by atoms with E-state index >= 15 is 0 Å². The predicted molar refractivity (Wildman–Crippen MR) is 57.7 cm³/mol. The van der Waals surface area contributed by atoms with Gasteiger partial charge in [-0.25, -0.2) is 0 Å². The molecule has 0 bridgehead atoms. The van der Waals surface area contributed by atoms with Crippen LogP contribution in [0, 0.1) is 5.92 Å². The van der Waals surface area contributed by atoms with Gasteiger partial charge in [-0.1, -0.05) is 18.2 Å². The van der Waals surface area contributed by atoms with Crippen LogP contribution in [0.5, 0.6) is 5.75 Å². The number of hydrogen-bond acceptors (Lipinski definition) is 3. The normalized spacial score (nSPS) is 24.3. The SMILES string of the molecule is COc1ccccc1C1COCC1C(=O)O. The van der Waals surface area contributed by atoms with Crippen molar-refractivity contribution in [2.24, 2.45) is 5.92 Å². The summed E-state index contributed by atoms with van der Waals surface area (Å²) in [5.74, 6) is -0.678. The van der Waals surface area contributed by atoms with Crippen LogP contribution in [0.4, 0.5) is 0 Å². The number of methoxy groups -OCH3 is 1. The molecular formula is C12H14O4. The molecule has 4 nitrogen and oxygen atoms in total. The fraction of sp³-hybridized carbons (Fsp3) is 0.417. The smallest absolute Gasteiger partial charge is 0.309 e. The lowest BCUT2D eigenvalue weighted by atomic mass is 9.88. The second-order valence-corrected chi connectivity index (χ2v) is 3.83. The van der Waals surface area contributed by atoms with Gasteiger partial charge in [0.1, 0.15) is 5.75 Å². The van der Waals surface area contributed by atoms with Gasteiger partial charge in [-0.05, 0) is 6.07 Å². The van der Waals surface area contributed by atoms with E-state index in [9.17, 15) is 4.79 Å². The highest BCUT2D eigenvalue weighted by molar-refractivity contribution is 5.72. The molecule has 0 aliphatic carbocycles. The molecule has 1 heterocycles. The van der Waals surface area contributed by atoms with Crippen molar-refractivity contribution in [1.29, 1.82) is 0 Å². The fourth-order valence-electron chi connectivity index (χ4n) is 2.08. The Morgan fingerprint density at radius 1 is 1.44 bits per heavy atom. The minimum absolute atomic E-state index is 0.117. The van der Waals surface area contributed by atoms with E-state index in [-0.39, 0.29) is 12.5 Å². The summed E-state index contributed by atoms with van der Waals surface area (Å²) in [5.41, 5.74) is 0.912. The molecule has 1 aliphatic heterocycles. The summed E-state index contributed by atoms with van der Waals surface area (Å²) >= 11 is 0. The van der Waals surface area contributed by atoms with Crippen molar-refractivity contribution in [3.05, 3.63) is 29.8 Å². The Labute approximate surface area is 93.8 Å². The first kappa shape index (κ1) is 11.0. The third kappa shape index (κ3) is 1.88. The molecule has 1 saturated heterocycles. The summed E-state index contributed by atoms with van der Waals surface area (Å²) in [6, 6.07) is 7.49. The maximum absolute atomic E-state index is 11.1. The second-order valence-electron chi connectivity index (χ2n) is 3.83. The molecule has 86 valence electrons. The van der Waals surface area contributed by atoms with Crippen LogP contribution in [0.2, 0.25) is 0 Å². The molecule has 1 aromatic carbocycles. The standard InChI is InChI=1S/C12H14O4/c1-15-11-5-3-2-4-8(11)9-6-16-7-10(9)12(13)14/h2-5,9-10H,6-7H2,1H3,(H,13,14). The van der Waals surface area contributed by atoms with Crippen LogP contribution < -0.4 is 4.74 Å². The lowest BCUT2D eigenvalue weighted by molar-refractivity contribution is -0.142. The van der Waals surface area contributed by atoms with Gasteiger partial charge in [0.25, 0.3) is 0 Å². The van der Waals surface area contributed by atoms with Crippen molar-refractivity contribution in [2.45, 2.75) is 5.92 Å². The van der Waals surface area contributed by atoms with Gasteiger partial charge in [-0.3, -0.25) is 4.79 Å². The number of carboxylic acids is 1. The van der Waals surface area contributed by atoms with E-state index < -0.39 is 11.9 Å². The molecular weight excluding hydrogens is 208 g/mol. The topological polar surface area (TPSA) is 55.8 Å². The first-order chi connectivity index (χ1) is 7.74. The van der Waals surface area contributed by atoms with Gasteiger partial charge in [0.05, 0.1) is 26.2 Å². The number of carboxylic acid groups (broad SMARTS) is 1. The Bertz CT molecular complexity index is 388. The maximum Gasteiger partial charge on any atom is 0.309 e. The lowest BCUT2D eigenvalue weighted by Gasteiger charge is -2.16. The monoisotopic (exact) mass is 222 g/mol. The molecule has 0 amide bonds. The Morgan fingerprint density at radius 2 is 2.19 bits per heavy atom. The zero-order valence-corrected chi connectivity index (χ0v) is 9.05. The van der Waals surface area contributed by atoms with Crippen molar-refractivity contribution in [3.63, 3.8) is 0 Å². The minimum atomic E-state index is -0.812. The molecule has 0 radical (unpaired) electrons. The molecule has 0 saturated carbocycles. The summed E-state index contributed by atoms with van der Waals surface area (Å²) in [7, 11) is 1.59. The number of benzene rings is 1. The molecule has 0 aromatic heterocycles. The van der Waals surface area contributed by atoms with Gasteiger partial charge < -0.3 is 14.6 Å². The third-order valence-corrected chi connectivity index (χ3v) is 2.94. The minimum Gasteiger partial charge on any atom is -0.496 e. The van der Waals surface area contributed by atoms with Crippen molar-refractivity contribution in [2.75, 3.05) is 20.3 Å². The van der Waals surface area contributed by atoms with Crippen LogP contribution in [0.25, 0.3) is 0 Å². The summed E-state index contributed by atoms with van der Waals surface area (Å²) in [6.07, 6.45) is 0. The molecule has 1 fully saturated rings. The highest BCUT2D eigenvalue weighted by atomic mass is 16.5. The molecule has 0 spiro atoms. The molecule has 2 atom stereocenters. The molecule has 4 heteroatoms. The van der Waals surface area contributed by atoms with E-state index in [1.807, 2.05) is 24.3 Å². The predicted octanol–water partition coefficient (Wildman–Crippen LogP) is 1.51. The number of carbonyl (C=O) groups is 1. The summed E-state index contributed by atoms with van der Waals surface area (Å²) in [5, 5.41) is 9.09. The van der Waals surface area contributed by atoms with Crippen LogP contribution in [0.1, 0.15) is 11.5 Å². The Kier molecular flexibility index (Phi) is 3.10. The molecule has 1 aliphatic rings. The van der Waals surface area contributed by atoms with E-state index in [0.29, 0.717) is 6.61 Å². The number of ether oxygens (including phenoxy) is 2. The Hall–Kier alpha value is -1.55. The average Bonchev–Trinajstić information content (AvgIpc) is 2.77. The van der Waals surface area contributed by atoms with Gasteiger partial charge in [0.2, 0.25) is 0 Å². The summed E-state index contributed by atoms with van der Waals surface area (Å²) in [6.45, 7) is 0.718. The first-order valence-electron chi connectivity index (χ1n) is 5.17. The van der Waals surface area contributed by atoms with E-state index in [1.165, 1.54) is 0 Å². The maximum atomic E-state index is 11.1.